The van der Waals surface area contributed by atoms with Gasteiger partial charge in [0.15, 0.2) is 5.82 Å². The molecule has 3 aromatic heterocycles. The van der Waals surface area contributed by atoms with Crippen molar-refractivity contribution in [3.05, 3.63) is 59.9 Å². The van der Waals surface area contributed by atoms with Gasteiger partial charge in [0, 0.05) is 18.0 Å². The molecule has 0 spiro atoms. The lowest BCUT2D eigenvalue weighted by Crippen LogP contribution is -2.16. The van der Waals surface area contributed by atoms with Gasteiger partial charge in [0.25, 0.3) is 5.91 Å². The van der Waals surface area contributed by atoms with Gasteiger partial charge in [-0.2, -0.15) is 5.10 Å². The zero-order valence-electron chi connectivity index (χ0n) is 15.3. The fourth-order valence-corrected chi connectivity index (χ4v) is 2.69. The molecule has 3 aromatic rings. The molecule has 7 heteroatoms. The van der Waals surface area contributed by atoms with Crippen molar-refractivity contribution in [2.24, 2.45) is 0 Å². The van der Waals surface area contributed by atoms with Crippen molar-refractivity contribution in [1.82, 2.24) is 24.7 Å². The third-order valence-corrected chi connectivity index (χ3v) is 3.99. The van der Waals surface area contributed by atoms with Crippen LogP contribution in [0, 0.1) is 0 Å². The molecule has 7 nitrogen and oxygen atoms in total. The van der Waals surface area contributed by atoms with E-state index in [2.05, 4.69) is 25.4 Å². The monoisotopic (exact) mass is 350 g/mol. The van der Waals surface area contributed by atoms with E-state index in [1.807, 2.05) is 45.9 Å². The molecule has 3 heterocycles. The minimum atomic E-state index is -0.246. The average Bonchev–Trinajstić information content (AvgIpc) is 3.08. The van der Waals surface area contributed by atoms with Gasteiger partial charge in [-0.3, -0.25) is 4.79 Å². The van der Waals surface area contributed by atoms with Crippen LogP contribution in [0.1, 0.15) is 61.3 Å². The first-order valence-corrected chi connectivity index (χ1v) is 8.60. The molecule has 0 saturated carbocycles. The molecular weight excluding hydrogens is 328 g/mol. The summed E-state index contributed by atoms with van der Waals surface area (Å²) in [6.45, 7) is 8.13. The molecule has 0 aliphatic carbocycles. The predicted molar refractivity (Wildman–Crippen MR) is 99.5 cm³/mol. The SMILES string of the molecule is CC(C)c1cc(NC(=O)c2cnn(-c3ccccn3)c2C(C)C)ncn1. The smallest absolute Gasteiger partial charge is 0.260 e. The molecule has 1 amide bonds. The molecular formula is C19H22N6O. The van der Waals surface area contributed by atoms with Crippen LogP contribution >= 0.6 is 0 Å². The lowest BCUT2D eigenvalue weighted by atomic mass is 10.1. The number of carbonyl (C=O) groups excluding carboxylic acids is 1. The molecule has 0 aliphatic heterocycles. The van der Waals surface area contributed by atoms with E-state index in [0.717, 1.165) is 11.4 Å². The minimum absolute atomic E-state index is 0.0943. The van der Waals surface area contributed by atoms with Gasteiger partial charge in [0.2, 0.25) is 0 Å². The van der Waals surface area contributed by atoms with E-state index in [1.165, 1.54) is 6.33 Å². The molecule has 0 radical (unpaired) electrons. The first-order chi connectivity index (χ1) is 12.5. The topological polar surface area (TPSA) is 85.6 Å². The molecule has 26 heavy (non-hydrogen) atoms. The molecule has 3 rings (SSSR count). The molecule has 1 N–H and O–H groups in total. The molecule has 0 aromatic carbocycles. The zero-order valence-corrected chi connectivity index (χ0v) is 15.3. The van der Waals surface area contributed by atoms with Crippen LogP contribution in [-0.2, 0) is 0 Å². The van der Waals surface area contributed by atoms with Crippen LogP contribution in [0.25, 0.3) is 5.82 Å². The minimum Gasteiger partial charge on any atom is -0.306 e. The first-order valence-electron chi connectivity index (χ1n) is 8.60. The Morgan fingerprint density at radius 2 is 1.88 bits per heavy atom. The van der Waals surface area contributed by atoms with Crippen LogP contribution in [0.3, 0.4) is 0 Å². The number of nitrogens with one attached hydrogen (secondary N) is 1. The van der Waals surface area contributed by atoms with Gasteiger partial charge >= 0.3 is 0 Å². The maximum atomic E-state index is 12.8. The quantitative estimate of drug-likeness (QED) is 0.760. The number of hydrogen-bond donors (Lipinski definition) is 1. The standard InChI is InChI=1S/C19H22N6O/c1-12(2)15-9-16(22-11-21-15)24-19(26)14-10-23-25(18(14)13(3)4)17-7-5-6-8-20-17/h5-13H,1-4H3,(H,21,22,24,26). The normalized spacial score (nSPS) is 11.2. The molecule has 0 atom stereocenters. The Balaban J connectivity index is 1.93. The Bertz CT molecular complexity index is 901. The maximum Gasteiger partial charge on any atom is 0.260 e. The highest BCUT2D eigenvalue weighted by Crippen LogP contribution is 2.23. The number of nitrogens with zero attached hydrogens (tertiary/aromatic N) is 5. The van der Waals surface area contributed by atoms with Gasteiger partial charge in [-0.15, -0.1) is 0 Å². The Hall–Kier alpha value is -3.09. The number of pyridine rings is 1. The highest BCUT2D eigenvalue weighted by molar-refractivity contribution is 6.04. The molecule has 0 aliphatic rings. The number of carbonyl (C=O) groups is 1. The molecule has 0 unspecified atom stereocenters. The second-order valence-electron chi connectivity index (χ2n) is 6.63. The third-order valence-electron chi connectivity index (χ3n) is 3.99. The highest BCUT2D eigenvalue weighted by atomic mass is 16.1. The van der Waals surface area contributed by atoms with Crippen molar-refractivity contribution in [2.45, 2.75) is 39.5 Å². The van der Waals surface area contributed by atoms with E-state index < -0.39 is 0 Å². The maximum absolute atomic E-state index is 12.8. The van der Waals surface area contributed by atoms with Crippen molar-refractivity contribution in [3.8, 4) is 5.82 Å². The first kappa shape index (κ1) is 17.7. The molecule has 0 fully saturated rings. The Kier molecular flexibility index (Phi) is 5.06. The van der Waals surface area contributed by atoms with Gasteiger partial charge in [0.1, 0.15) is 12.1 Å². The fraction of sp³-hybridized carbons (Fsp3) is 0.316. The Labute approximate surface area is 152 Å². The second kappa shape index (κ2) is 7.43. The number of aromatic nitrogens is 5. The van der Waals surface area contributed by atoms with Crippen molar-refractivity contribution in [3.63, 3.8) is 0 Å². The second-order valence-corrected chi connectivity index (χ2v) is 6.63. The van der Waals surface area contributed by atoms with Crippen LogP contribution in [0.2, 0.25) is 0 Å². The summed E-state index contributed by atoms with van der Waals surface area (Å²) >= 11 is 0. The van der Waals surface area contributed by atoms with Crippen molar-refractivity contribution < 1.29 is 4.79 Å². The van der Waals surface area contributed by atoms with Gasteiger partial charge in [-0.25, -0.2) is 19.6 Å². The highest BCUT2D eigenvalue weighted by Gasteiger charge is 2.21. The van der Waals surface area contributed by atoms with Crippen molar-refractivity contribution in [2.75, 3.05) is 5.32 Å². The van der Waals surface area contributed by atoms with Gasteiger partial charge in [-0.05, 0) is 24.0 Å². The summed E-state index contributed by atoms with van der Waals surface area (Å²) in [6, 6.07) is 7.39. The van der Waals surface area contributed by atoms with Crippen molar-refractivity contribution >= 4 is 11.7 Å². The lowest BCUT2D eigenvalue weighted by molar-refractivity contribution is 0.102. The number of hydrogen-bond acceptors (Lipinski definition) is 5. The summed E-state index contributed by atoms with van der Waals surface area (Å²) in [7, 11) is 0. The number of rotatable bonds is 5. The zero-order chi connectivity index (χ0) is 18.7. The van der Waals surface area contributed by atoms with Crippen molar-refractivity contribution in [1.29, 1.82) is 0 Å². The third kappa shape index (κ3) is 3.61. The summed E-state index contributed by atoms with van der Waals surface area (Å²) in [5.74, 6) is 1.27. The van der Waals surface area contributed by atoms with Crippen LogP contribution in [0.4, 0.5) is 5.82 Å². The average molecular weight is 350 g/mol. The van der Waals surface area contributed by atoms with E-state index in [9.17, 15) is 4.79 Å². The Morgan fingerprint density at radius 3 is 2.54 bits per heavy atom. The molecule has 0 saturated heterocycles. The summed E-state index contributed by atoms with van der Waals surface area (Å²) in [5.41, 5.74) is 2.19. The van der Waals surface area contributed by atoms with Gasteiger partial charge < -0.3 is 5.32 Å². The summed E-state index contributed by atoms with van der Waals surface area (Å²) < 4.78 is 1.71. The molecule has 0 bridgehead atoms. The van der Waals surface area contributed by atoms with E-state index in [0.29, 0.717) is 17.2 Å². The number of amides is 1. The van der Waals surface area contributed by atoms with E-state index in [4.69, 9.17) is 0 Å². The lowest BCUT2D eigenvalue weighted by Gasteiger charge is -2.12. The fourth-order valence-electron chi connectivity index (χ4n) is 2.69. The van der Waals surface area contributed by atoms with Crippen LogP contribution < -0.4 is 5.32 Å². The number of anilines is 1. The van der Waals surface area contributed by atoms with Gasteiger partial charge in [0.05, 0.1) is 17.5 Å². The van der Waals surface area contributed by atoms with Gasteiger partial charge in [-0.1, -0.05) is 33.8 Å². The summed E-state index contributed by atoms with van der Waals surface area (Å²) in [4.78, 5) is 25.5. The van der Waals surface area contributed by atoms with E-state index in [-0.39, 0.29) is 17.7 Å². The largest absolute Gasteiger partial charge is 0.306 e. The Morgan fingerprint density at radius 1 is 1.08 bits per heavy atom. The van der Waals surface area contributed by atoms with E-state index in [1.54, 1.807) is 23.1 Å². The van der Waals surface area contributed by atoms with Crippen LogP contribution in [0.15, 0.2) is 43.0 Å². The summed E-state index contributed by atoms with van der Waals surface area (Å²) in [5, 5.41) is 7.23. The van der Waals surface area contributed by atoms with Crippen LogP contribution in [-0.4, -0.2) is 30.6 Å². The summed E-state index contributed by atoms with van der Waals surface area (Å²) in [6.07, 6.45) is 4.74. The van der Waals surface area contributed by atoms with Crippen LogP contribution in [0.5, 0.6) is 0 Å². The predicted octanol–water partition coefficient (Wildman–Crippen LogP) is 3.56. The van der Waals surface area contributed by atoms with E-state index >= 15 is 0 Å². The molecule has 134 valence electrons.